The molecule has 1 saturated heterocycles. The maximum atomic E-state index is 12.2. The van der Waals surface area contributed by atoms with E-state index in [1.165, 1.54) is 5.56 Å². The lowest BCUT2D eigenvalue weighted by molar-refractivity contribution is -0.121. The van der Waals surface area contributed by atoms with Crippen molar-refractivity contribution in [2.45, 2.75) is 19.5 Å². The number of hydrogen-bond donors (Lipinski definition) is 1. The van der Waals surface area contributed by atoms with Gasteiger partial charge in [-0.05, 0) is 23.3 Å². The number of carbonyl (C=O) groups is 1. The van der Waals surface area contributed by atoms with Crippen LogP contribution in [0.5, 0.6) is 11.5 Å². The minimum Gasteiger partial charge on any atom is -0.493 e. The number of ether oxygens (including phenoxy) is 2. The molecule has 0 aliphatic carbocycles. The number of rotatable bonds is 9. The van der Waals surface area contributed by atoms with Gasteiger partial charge in [-0.1, -0.05) is 36.4 Å². The van der Waals surface area contributed by atoms with E-state index in [9.17, 15) is 4.79 Å². The Morgan fingerprint density at radius 1 is 0.897 bits per heavy atom. The molecule has 1 aliphatic heterocycles. The standard InChI is InChI=1S/C23H31N3O3/c1-28-21-9-8-20(16-22(21)29-2)17-24-23(27)10-11-25-12-14-26(15-13-25)18-19-6-4-3-5-7-19/h3-9,16H,10-15,17-18H2,1-2H3,(H,24,27). The summed E-state index contributed by atoms with van der Waals surface area (Å²) in [5.41, 5.74) is 2.35. The molecule has 0 unspecified atom stereocenters. The van der Waals surface area contributed by atoms with Gasteiger partial charge in [-0.3, -0.25) is 9.69 Å². The van der Waals surface area contributed by atoms with Crippen molar-refractivity contribution in [2.24, 2.45) is 0 Å². The number of nitrogens with one attached hydrogen (secondary N) is 1. The van der Waals surface area contributed by atoms with Gasteiger partial charge < -0.3 is 19.7 Å². The Labute approximate surface area is 173 Å². The second-order valence-corrected chi connectivity index (χ2v) is 7.32. The first kappa shape index (κ1) is 21.1. The Balaban J connectivity index is 1.35. The van der Waals surface area contributed by atoms with E-state index in [1.54, 1.807) is 14.2 Å². The smallest absolute Gasteiger partial charge is 0.221 e. The number of nitrogens with zero attached hydrogens (tertiary/aromatic N) is 2. The van der Waals surface area contributed by atoms with Crippen LogP contribution in [0.3, 0.4) is 0 Å². The summed E-state index contributed by atoms with van der Waals surface area (Å²) in [6, 6.07) is 16.3. The number of methoxy groups -OCH3 is 2. The third-order valence-corrected chi connectivity index (χ3v) is 5.31. The highest BCUT2D eigenvalue weighted by atomic mass is 16.5. The van der Waals surface area contributed by atoms with Gasteiger partial charge in [-0.15, -0.1) is 0 Å². The van der Waals surface area contributed by atoms with E-state index >= 15 is 0 Å². The predicted molar refractivity (Wildman–Crippen MR) is 114 cm³/mol. The molecule has 29 heavy (non-hydrogen) atoms. The third kappa shape index (κ3) is 6.48. The van der Waals surface area contributed by atoms with Crippen molar-refractivity contribution in [2.75, 3.05) is 46.9 Å². The first-order valence-corrected chi connectivity index (χ1v) is 10.1. The zero-order valence-electron chi connectivity index (χ0n) is 17.4. The van der Waals surface area contributed by atoms with Gasteiger partial charge in [0.1, 0.15) is 0 Å². The lowest BCUT2D eigenvalue weighted by atomic mass is 10.2. The Morgan fingerprint density at radius 3 is 2.28 bits per heavy atom. The van der Waals surface area contributed by atoms with Crippen molar-refractivity contribution in [3.8, 4) is 11.5 Å². The van der Waals surface area contributed by atoms with Crippen LogP contribution < -0.4 is 14.8 Å². The van der Waals surface area contributed by atoms with Crippen molar-refractivity contribution in [3.63, 3.8) is 0 Å². The van der Waals surface area contributed by atoms with E-state index in [-0.39, 0.29) is 5.91 Å². The second-order valence-electron chi connectivity index (χ2n) is 7.32. The van der Waals surface area contributed by atoms with Crippen LogP contribution in [0.4, 0.5) is 0 Å². The molecule has 0 bridgehead atoms. The second kappa shape index (κ2) is 10.8. The molecule has 1 aliphatic rings. The van der Waals surface area contributed by atoms with E-state index in [0.29, 0.717) is 24.5 Å². The predicted octanol–water partition coefficient (Wildman–Crippen LogP) is 2.53. The van der Waals surface area contributed by atoms with Gasteiger partial charge in [0.25, 0.3) is 0 Å². The molecule has 1 heterocycles. The molecule has 0 radical (unpaired) electrons. The average molecular weight is 398 g/mol. The van der Waals surface area contributed by atoms with Gasteiger partial charge in [0, 0.05) is 52.2 Å². The molecule has 1 fully saturated rings. The maximum absolute atomic E-state index is 12.2. The van der Waals surface area contributed by atoms with Crippen LogP contribution in [-0.4, -0.2) is 62.7 Å². The van der Waals surface area contributed by atoms with Crippen molar-refractivity contribution >= 4 is 5.91 Å². The molecule has 0 atom stereocenters. The van der Waals surface area contributed by atoms with E-state index in [1.807, 2.05) is 18.2 Å². The van der Waals surface area contributed by atoms with Gasteiger partial charge in [-0.2, -0.15) is 0 Å². The Morgan fingerprint density at radius 2 is 1.59 bits per heavy atom. The van der Waals surface area contributed by atoms with Crippen molar-refractivity contribution in [3.05, 3.63) is 59.7 Å². The van der Waals surface area contributed by atoms with Gasteiger partial charge in [-0.25, -0.2) is 0 Å². The van der Waals surface area contributed by atoms with Crippen molar-refractivity contribution in [1.29, 1.82) is 0 Å². The SMILES string of the molecule is COc1ccc(CNC(=O)CCN2CCN(Cc3ccccc3)CC2)cc1OC. The Kier molecular flexibility index (Phi) is 7.90. The summed E-state index contributed by atoms with van der Waals surface area (Å²) in [5.74, 6) is 1.44. The van der Waals surface area contributed by atoms with Crippen LogP contribution in [0.2, 0.25) is 0 Å². The molecule has 0 aromatic heterocycles. The van der Waals surface area contributed by atoms with Gasteiger partial charge in [0.2, 0.25) is 5.91 Å². The summed E-state index contributed by atoms with van der Waals surface area (Å²) < 4.78 is 10.6. The minimum atomic E-state index is 0.0755. The van der Waals surface area contributed by atoms with E-state index in [2.05, 4.69) is 45.4 Å². The minimum absolute atomic E-state index is 0.0755. The summed E-state index contributed by atoms with van der Waals surface area (Å²) in [6.07, 6.45) is 0.520. The Hall–Kier alpha value is -2.57. The van der Waals surface area contributed by atoms with Crippen LogP contribution in [-0.2, 0) is 17.9 Å². The molecule has 6 heteroatoms. The summed E-state index contributed by atoms with van der Waals surface area (Å²) in [7, 11) is 3.22. The molecule has 156 valence electrons. The highest BCUT2D eigenvalue weighted by molar-refractivity contribution is 5.76. The van der Waals surface area contributed by atoms with Gasteiger partial charge in [0.05, 0.1) is 14.2 Å². The Bertz CT molecular complexity index is 774. The summed E-state index contributed by atoms with van der Waals surface area (Å²) in [5, 5.41) is 3.00. The van der Waals surface area contributed by atoms with Crippen LogP contribution in [0.15, 0.2) is 48.5 Å². The van der Waals surface area contributed by atoms with Crippen molar-refractivity contribution in [1.82, 2.24) is 15.1 Å². The van der Waals surface area contributed by atoms with Gasteiger partial charge in [0.15, 0.2) is 11.5 Å². The molecule has 2 aromatic rings. The maximum Gasteiger partial charge on any atom is 0.221 e. The fourth-order valence-electron chi connectivity index (χ4n) is 3.55. The fourth-order valence-corrected chi connectivity index (χ4v) is 3.55. The number of hydrogen-bond acceptors (Lipinski definition) is 5. The fraction of sp³-hybridized carbons (Fsp3) is 0.435. The number of amides is 1. The van der Waals surface area contributed by atoms with E-state index in [0.717, 1.165) is 44.8 Å². The number of benzene rings is 2. The zero-order chi connectivity index (χ0) is 20.5. The lowest BCUT2D eigenvalue weighted by Crippen LogP contribution is -2.46. The highest BCUT2D eigenvalue weighted by Gasteiger charge is 2.17. The zero-order valence-corrected chi connectivity index (χ0v) is 17.4. The van der Waals surface area contributed by atoms with Gasteiger partial charge >= 0.3 is 0 Å². The molecular weight excluding hydrogens is 366 g/mol. The van der Waals surface area contributed by atoms with E-state index in [4.69, 9.17) is 9.47 Å². The largest absolute Gasteiger partial charge is 0.493 e. The molecule has 1 amide bonds. The summed E-state index contributed by atoms with van der Waals surface area (Å²) in [6.45, 7) is 6.40. The van der Waals surface area contributed by atoms with Crippen molar-refractivity contribution < 1.29 is 14.3 Å². The average Bonchev–Trinajstić information content (AvgIpc) is 2.77. The summed E-state index contributed by atoms with van der Waals surface area (Å²) in [4.78, 5) is 17.1. The molecule has 6 nitrogen and oxygen atoms in total. The molecular formula is C23H31N3O3. The monoisotopic (exact) mass is 397 g/mol. The lowest BCUT2D eigenvalue weighted by Gasteiger charge is -2.34. The van der Waals surface area contributed by atoms with E-state index < -0.39 is 0 Å². The van der Waals surface area contributed by atoms with Crippen LogP contribution in [0, 0.1) is 0 Å². The first-order valence-electron chi connectivity index (χ1n) is 10.1. The normalized spacial score (nSPS) is 15.1. The molecule has 3 rings (SSSR count). The highest BCUT2D eigenvalue weighted by Crippen LogP contribution is 2.27. The number of piperazine rings is 1. The first-order chi connectivity index (χ1) is 14.2. The van der Waals surface area contributed by atoms with Crippen LogP contribution >= 0.6 is 0 Å². The molecule has 0 spiro atoms. The quantitative estimate of drug-likeness (QED) is 0.705. The van der Waals surface area contributed by atoms with Crippen LogP contribution in [0.1, 0.15) is 17.5 Å². The number of carbonyl (C=O) groups excluding carboxylic acids is 1. The molecule has 2 aromatic carbocycles. The molecule has 0 saturated carbocycles. The molecule has 1 N–H and O–H groups in total. The summed E-state index contributed by atoms with van der Waals surface area (Å²) >= 11 is 0. The third-order valence-electron chi connectivity index (χ3n) is 5.31. The van der Waals surface area contributed by atoms with Crippen LogP contribution in [0.25, 0.3) is 0 Å². The topological polar surface area (TPSA) is 54.0 Å².